The predicted octanol–water partition coefficient (Wildman–Crippen LogP) is 2.64. The molecular weight excluding hydrogens is 435 g/mol. The van der Waals surface area contributed by atoms with E-state index in [-0.39, 0.29) is 54.1 Å². The van der Waals surface area contributed by atoms with Gasteiger partial charge in [-0.3, -0.25) is 4.79 Å². The number of rotatable bonds is 4. The fourth-order valence-corrected chi connectivity index (χ4v) is 5.37. The Labute approximate surface area is 179 Å². The Bertz CT molecular complexity index is 1070. The molecule has 0 saturated carbocycles. The summed E-state index contributed by atoms with van der Waals surface area (Å²) in [5.74, 6) is -0.200. The zero-order valence-electron chi connectivity index (χ0n) is 15.6. The SMILES string of the molecule is Cc1cc(Cl)c(CC(=O)N2CCN(S(=O)(=O)c3ccccc3C#N)CC2)c(Cl)n1. The van der Waals surface area contributed by atoms with E-state index in [9.17, 15) is 18.5 Å². The molecule has 1 saturated heterocycles. The molecule has 0 bridgehead atoms. The highest BCUT2D eigenvalue weighted by atomic mass is 35.5. The van der Waals surface area contributed by atoms with Crippen molar-refractivity contribution < 1.29 is 13.2 Å². The number of nitrogens with zero attached hydrogens (tertiary/aromatic N) is 4. The smallest absolute Gasteiger partial charge is 0.244 e. The fourth-order valence-electron chi connectivity index (χ4n) is 3.14. The quantitative estimate of drug-likeness (QED) is 0.664. The molecule has 2 heterocycles. The normalized spacial score (nSPS) is 15.2. The molecule has 1 aromatic carbocycles. The van der Waals surface area contributed by atoms with Crippen molar-refractivity contribution in [3.05, 3.63) is 57.3 Å². The molecule has 0 aliphatic carbocycles. The van der Waals surface area contributed by atoms with Crippen LogP contribution in [0.5, 0.6) is 0 Å². The lowest BCUT2D eigenvalue weighted by atomic mass is 10.1. The van der Waals surface area contributed by atoms with E-state index in [0.29, 0.717) is 16.3 Å². The molecule has 1 fully saturated rings. The highest BCUT2D eigenvalue weighted by Crippen LogP contribution is 2.26. The standard InChI is InChI=1S/C19H18Cl2N4O3S/c1-13-10-16(20)15(19(21)23-13)11-18(26)24-6-8-25(9-7-24)29(27,28)17-5-3-2-4-14(17)12-22/h2-5,10H,6-9,11H2,1H3. The summed E-state index contributed by atoms with van der Waals surface area (Å²) >= 11 is 12.3. The lowest BCUT2D eigenvalue weighted by Crippen LogP contribution is -2.51. The van der Waals surface area contributed by atoms with Gasteiger partial charge >= 0.3 is 0 Å². The van der Waals surface area contributed by atoms with E-state index in [1.165, 1.54) is 16.4 Å². The monoisotopic (exact) mass is 452 g/mol. The molecule has 1 amide bonds. The first-order valence-corrected chi connectivity index (χ1v) is 11.0. The number of piperazine rings is 1. The molecule has 1 aliphatic heterocycles. The summed E-state index contributed by atoms with van der Waals surface area (Å²) in [7, 11) is -3.81. The Morgan fingerprint density at radius 3 is 2.48 bits per heavy atom. The molecule has 1 aromatic heterocycles. The van der Waals surface area contributed by atoms with Crippen LogP contribution in [0.15, 0.2) is 35.2 Å². The predicted molar refractivity (Wildman–Crippen MR) is 109 cm³/mol. The van der Waals surface area contributed by atoms with E-state index in [1.54, 1.807) is 30.0 Å². The number of pyridine rings is 1. The molecule has 7 nitrogen and oxygen atoms in total. The molecule has 29 heavy (non-hydrogen) atoms. The maximum Gasteiger partial charge on any atom is 0.244 e. The van der Waals surface area contributed by atoms with E-state index in [4.69, 9.17) is 23.2 Å². The van der Waals surface area contributed by atoms with Gasteiger partial charge in [-0.25, -0.2) is 13.4 Å². The van der Waals surface area contributed by atoms with Gasteiger partial charge in [0.25, 0.3) is 0 Å². The van der Waals surface area contributed by atoms with Gasteiger partial charge in [-0.1, -0.05) is 35.3 Å². The molecule has 0 atom stereocenters. The minimum atomic E-state index is -3.81. The second-order valence-corrected chi connectivity index (χ2v) is 9.26. The first-order valence-electron chi connectivity index (χ1n) is 8.82. The minimum Gasteiger partial charge on any atom is -0.340 e. The minimum absolute atomic E-state index is 0.00500. The number of aryl methyl sites for hydroxylation is 1. The topological polar surface area (TPSA) is 94.4 Å². The zero-order valence-corrected chi connectivity index (χ0v) is 17.9. The van der Waals surface area contributed by atoms with E-state index in [0.717, 1.165) is 0 Å². The number of nitriles is 1. The van der Waals surface area contributed by atoms with Gasteiger partial charge in [-0.15, -0.1) is 0 Å². The van der Waals surface area contributed by atoms with Crippen molar-refractivity contribution in [3.63, 3.8) is 0 Å². The second-order valence-electron chi connectivity index (χ2n) is 6.58. The van der Waals surface area contributed by atoms with Crippen LogP contribution in [-0.4, -0.2) is 54.7 Å². The molecule has 10 heteroatoms. The lowest BCUT2D eigenvalue weighted by Gasteiger charge is -2.34. The summed E-state index contributed by atoms with van der Waals surface area (Å²) in [6, 6.07) is 9.63. The summed E-state index contributed by atoms with van der Waals surface area (Å²) in [5.41, 5.74) is 1.22. The first-order chi connectivity index (χ1) is 13.7. The van der Waals surface area contributed by atoms with E-state index in [1.807, 2.05) is 6.07 Å². The Balaban J connectivity index is 1.69. The van der Waals surface area contributed by atoms with Crippen LogP contribution in [0.2, 0.25) is 10.2 Å². The van der Waals surface area contributed by atoms with Gasteiger partial charge in [0.15, 0.2) is 0 Å². The Hall–Kier alpha value is -2.18. The third kappa shape index (κ3) is 4.54. The van der Waals surface area contributed by atoms with Gasteiger partial charge in [0.1, 0.15) is 11.2 Å². The second kappa shape index (κ2) is 8.67. The van der Waals surface area contributed by atoms with Crippen molar-refractivity contribution in [2.24, 2.45) is 0 Å². The van der Waals surface area contributed by atoms with Crippen molar-refractivity contribution in [2.45, 2.75) is 18.2 Å². The van der Waals surface area contributed by atoms with E-state index < -0.39 is 10.0 Å². The van der Waals surface area contributed by atoms with Crippen LogP contribution in [0.3, 0.4) is 0 Å². The average Bonchev–Trinajstić information content (AvgIpc) is 2.70. The van der Waals surface area contributed by atoms with Crippen molar-refractivity contribution in [1.29, 1.82) is 5.26 Å². The number of carbonyl (C=O) groups excluding carboxylic acids is 1. The van der Waals surface area contributed by atoms with E-state index >= 15 is 0 Å². The summed E-state index contributed by atoms with van der Waals surface area (Å²) in [4.78, 5) is 18.3. The van der Waals surface area contributed by atoms with E-state index in [2.05, 4.69) is 4.98 Å². The molecule has 2 aromatic rings. The number of aromatic nitrogens is 1. The summed E-state index contributed by atoms with van der Waals surface area (Å²) in [6.07, 6.45) is -0.00500. The van der Waals surface area contributed by atoms with Crippen LogP contribution in [-0.2, 0) is 21.2 Å². The molecule has 0 N–H and O–H groups in total. The van der Waals surface area contributed by atoms with Crippen LogP contribution in [0.4, 0.5) is 0 Å². The van der Waals surface area contributed by atoms with Gasteiger partial charge in [0, 0.05) is 42.5 Å². The molecule has 0 unspecified atom stereocenters. The average molecular weight is 453 g/mol. The van der Waals surface area contributed by atoms with Gasteiger partial charge < -0.3 is 4.90 Å². The number of hydrogen-bond donors (Lipinski definition) is 0. The van der Waals surface area contributed by atoms with Crippen LogP contribution in [0.1, 0.15) is 16.8 Å². The van der Waals surface area contributed by atoms with Crippen LogP contribution in [0, 0.1) is 18.3 Å². The maximum atomic E-state index is 12.9. The maximum absolute atomic E-state index is 12.9. The fraction of sp³-hybridized carbons (Fsp3) is 0.316. The van der Waals surface area contributed by atoms with Crippen molar-refractivity contribution >= 4 is 39.1 Å². The number of benzene rings is 1. The summed E-state index contributed by atoms with van der Waals surface area (Å²) in [5, 5.41) is 9.76. The lowest BCUT2D eigenvalue weighted by molar-refractivity contribution is -0.131. The summed E-state index contributed by atoms with van der Waals surface area (Å²) < 4.78 is 27.1. The number of sulfonamides is 1. The third-order valence-corrected chi connectivity index (χ3v) is 7.30. The van der Waals surface area contributed by atoms with Gasteiger partial charge in [-0.2, -0.15) is 9.57 Å². The Morgan fingerprint density at radius 2 is 1.86 bits per heavy atom. The van der Waals surface area contributed by atoms with Gasteiger partial charge in [-0.05, 0) is 25.1 Å². The van der Waals surface area contributed by atoms with Crippen LogP contribution < -0.4 is 0 Å². The molecule has 152 valence electrons. The Morgan fingerprint density at radius 1 is 1.21 bits per heavy atom. The first kappa shape index (κ1) is 21.5. The third-order valence-electron chi connectivity index (χ3n) is 4.69. The number of amides is 1. The number of hydrogen-bond acceptors (Lipinski definition) is 5. The molecule has 0 spiro atoms. The Kier molecular flexibility index (Phi) is 6.44. The van der Waals surface area contributed by atoms with Crippen LogP contribution in [0.25, 0.3) is 0 Å². The van der Waals surface area contributed by atoms with Gasteiger partial charge in [0.2, 0.25) is 15.9 Å². The molecule has 3 rings (SSSR count). The molecule has 0 radical (unpaired) electrons. The number of halogens is 2. The van der Waals surface area contributed by atoms with Crippen LogP contribution >= 0.6 is 23.2 Å². The van der Waals surface area contributed by atoms with Gasteiger partial charge in [0.05, 0.1) is 16.9 Å². The molecule has 1 aliphatic rings. The highest BCUT2D eigenvalue weighted by Gasteiger charge is 2.31. The summed E-state index contributed by atoms with van der Waals surface area (Å²) in [6.45, 7) is 2.51. The van der Waals surface area contributed by atoms with Crippen molar-refractivity contribution in [3.8, 4) is 6.07 Å². The van der Waals surface area contributed by atoms with Crippen molar-refractivity contribution in [1.82, 2.24) is 14.2 Å². The van der Waals surface area contributed by atoms with Crippen molar-refractivity contribution in [2.75, 3.05) is 26.2 Å². The molecular formula is C19H18Cl2N4O3S. The largest absolute Gasteiger partial charge is 0.340 e. The highest BCUT2D eigenvalue weighted by molar-refractivity contribution is 7.89. The number of carbonyl (C=O) groups is 1. The zero-order chi connectivity index (χ0) is 21.2.